The fourth-order valence-corrected chi connectivity index (χ4v) is 4.01. The molecular weight excluding hydrogens is 452 g/mol. The average molecular weight is 481 g/mol. The molecule has 0 fully saturated rings. The molecule has 0 atom stereocenters. The van der Waals surface area contributed by atoms with Crippen molar-refractivity contribution >= 4 is 33.3 Å². The third-order valence-corrected chi connectivity index (χ3v) is 5.59. The molecule has 0 radical (unpaired) electrons. The molecule has 9 nitrogen and oxygen atoms in total. The normalized spacial score (nSPS) is 10.4. The standard InChI is InChI=1S/C20H18N6O2S.C4H10O/c1-28-15-10-12(5-8-23-15)6-9-24-19(27)13-11-29-20-16(13)17(21)25-18(26-20)14-4-2-3-7-22-14;1-3-5-4-2/h2-5,7-8,10-11H,6,9H2,1H3,(H,24,27)(H2,21,25,26);3-4H2,1-2H3. The summed E-state index contributed by atoms with van der Waals surface area (Å²) in [5.41, 5.74) is 8.29. The second kappa shape index (κ2) is 12.6. The van der Waals surface area contributed by atoms with Crippen LogP contribution in [-0.4, -0.2) is 52.7 Å². The molecule has 0 aliphatic heterocycles. The zero-order chi connectivity index (χ0) is 24.3. The minimum Gasteiger partial charge on any atom is -0.481 e. The van der Waals surface area contributed by atoms with Gasteiger partial charge in [0.05, 0.1) is 18.1 Å². The van der Waals surface area contributed by atoms with Crippen LogP contribution in [0.1, 0.15) is 29.8 Å². The van der Waals surface area contributed by atoms with Crippen LogP contribution in [0.4, 0.5) is 5.82 Å². The van der Waals surface area contributed by atoms with Crippen molar-refractivity contribution < 1.29 is 14.3 Å². The summed E-state index contributed by atoms with van der Waals surface area (Å²) in [6.07, 6.45) is 4.01. The van der Waals surface area contributed by atoms with Gasteiger partial charge in [0.15, 0.2) is 5.82 Å². The zero-order valence-corrected chi connectivity index (χ0v) is 20.3. The molecule has 1 amide bonds. The lowest BCUT2D eigenvalue weighted by Gasteiger charge is -2.07. The van der Waals surface area contributed by atoms with E-state index in [4.69, 9.17) is 15.2 Å². The number of nitrogen functional groups attached to an aromatic ring is 1. The second-order valence-electron chi connectivity index (χ2n) is 6.97. The number of aromatic nitrogens is 4. The first kappa shape index (κ1) is 25.0. The molecule has 0 aliphatic rings. The fraction of sp³-hybridized carbons (Fsp3) is 0.292. The Balaban J connectivity index is 0.000000588. The molecule has 0 bridgehead atoms. The van der Waals surface area contributed by atoms with Gasteiger partial charge in [0.2, 0.25) is 5.88 Å². The maximum Gasteiger partial charge on any atom is 0.252 e. The lowest BCUT2D eigenvalue weighted by Crippen LogP contribution is -2.25. The number of thiophene rings is 1. The van der Waals surface area contributed by atoms with Gasteiger partial charge in [-0.25, -0.2) is 15.0 Å². The van der Waals surface area contributed by atoms with E-state index in [0.717, 1.165) is 18.8 Å². The van der Waals surface area contributed by atoms with Crippen LogP contribution in [0.15, 0.2) is 48.1 Å². The number of nitrogens with zero attached hydrogens (tertiary/aromatic N) is 4. The first-order valence-electron chi connectivity index (χ1n) is 10.9. The summed E-state index contributed by atoms with van der Waals surface area (Å²) in [7, 11) is 1.57. The van der Waals surface area contributed by atoms with E-state index in [9.17, 15) is 4.79 Å². The number of ether oxygens (including phenoxy) is 2. The van der Waals surface area contributed by atoms with Crippen LogP contribution in [0.3, 0.4) is 0 Å². The number of pyridine rings is 2. The van der Waals surface area contributed by atoms with Gasteiger partial charge in [0.25, 0.3) is 5.91 Å². The van der Waals surface area contributed by atoms with Gasteiger partial charge in [-0.2, -0.15) is 0 Å². The molecule has 0 spiro atoms. The van der Waals surface area contributed by atoms with Gasteiger partial charge in [-0.3, -0.25) is 9.78 Å². The molecule has 34 heavy (non-hydrogen) atoms. The van der Waals surface area contributed by atoms with Gasteiger partial charge in [-0.05, 0) is 44.0 Å². The highest BCUT2D eigenvalue weighted by molar-refractivity contribution is 7.17. The summed E-state index contributed by atoms with van der Waals surface area (Å²) < 4.78 is 9.95. The Morgan fingerprint density at radius 1 is 1.12 bits per heavy atom. The predicted octanol–water partition coefficient (Wildman–Crippen LogP) is 3.75. The first-order chi connectivity index (χ1) is 16.6. The summed E-state index contributed by atoms with van der Waals surface area (Å²) in [5.74, 6) is 1.04. The fourth-order valence-electron chi connectivity index (χ4n) is 3.08. The van der Waals surface area contributed by atoms with E-state index < -0.39 is 0 Å². The van der Waals surface area contributed by atoms with Crippen molar-refractivity contribution in [1.29, 1.82) is 0 Å². The van der Waals surface area contributed by atoms with Gasteiger partial charge < -0.3 is 20.5 Å². The molecule has 4 heterocycles. The minimum atomic E-state index is -0.210. The monoisotopic (exact) mass is 480 g/mol. The van der Waals surface area contributed by atoms with Gasteiger partial charge in [-0.15, -0.1) is 11.3 Å². The highest BCUT2D eigenvalue weighted by Gasteiger charge is 2.18. The Morgan fingerprint density at radius 3 is 2.62 bits per heavy atom. The van der Waals surface area contributed by atoms with E-state index in [0.29, 0.717) is 46.1 Å². The smallest absolute Gasteiger partial charge is 0.252 e. The Morgan fingerprint density at radius 2 is 1.94 bits per heavy atom. The SMILES string of the molecule is CCOCC.COc1cc(CCNC(=O)c2csc3nc(-c4ccccn4)nc(N)c23)ccn1. The van der Waals surface area contributed by atoms with Crippen molar-refractivity contribution in [1.82, 2.24) is 25.3 Å². The van der Waals surface area contributed by atoms with Crippen LogP contribution in [-0.2, 0) is 11.2 Å². The number of methoxy groups -OCH3 is 1. The number of nitrogens with one attached hydrogen (secondary N) is 1. The quantitative estimate of drug-likeness (QED) is 0.391. The number of hydrogen-bond acceptors (Lipinski definition) is 9. The molecule has 10 heteroatoms. The molecule has 0 aromatic carbocycles. The van der Waals surface area contributed by atoms with Gasteiger partial charge in [0.1, 0.15) is 16.3 Å². The van der Waals surface area contributed by atoms with Crippen LogP contribution in [0.25, 0.3) is 21.7 Å². The Bertz CT molecular complexity index is 1210. The highest BCUT2D eigenvalue weighted by Crippen LogP contribution is 2.30. The van der Waals surface area contributed by atoms with Crippen molar-refractivity contribution in [2.45, 2.75) is 20.3 Å². The topological polar surface area (TPSA) is 125 Å². The van der Waals surface area contributed by atoms with Crippen LogP contribution >= 0.6 is 11.3 Å². The van der Waals surface area contributed by atoms with E-state index in [-0.39, 0.29) is 11.7 Å². The van der Waals surface area contributed by atoms with Gasteiger partial charge >= 0.3 is 0 Å². The lowest BCUT2D eigenvalue weighted by atomic mass is 10.2. The first-order valence-corrected chi connectivity index (χ1v) is 11.8. The number of anilines is 1. The average Bonchev–Trinajstić information content (AvgIpc) is 3.30. The van der Waals surface area contributed by atoms with Crippen molar-refractivity contribution in [2.75, 3.05) is 32.6 Å². The number of nitrogens with two attached hydrogens (primary N) is 1. The maximum absolute atomic E-state index is 12.7. The molecule has 0 unspecified atom stereocenters. The van der Waals surface area contributed by atoms with Crippen molar-refractivity contribution in [3.8, 4) is 17.4 Å². The highest BCUT2D eigenvalue weighted by atomic mass is 32.1. The summed E-state index contributed by atoms with van der Waals surface area (Å²) in [5, 5.41) is 5.24. The number of carbonyl (C=O) groups excluding carboxylic acids is 1. The Kier molecular flexibility index (Phi) is 9.24. The second-order valence-corrected chi connectivity index (χ2v) is 7.83. The molecule has 4 rings (SSSR count). The molecule has 0 aliphatic carbocycles. The number of amides is 1. The molecule has 0 saturated carbocycles. The lowest BCUT2D eigenvalue weighted by molar-refractivity contribution is 0.0956. The minimum absolute atomic E-state index is 0.210. The maximum atomic E-state index is 12.7. The number of carbonyl (C=O) groups is 1. The van der Waals surface area contributed by atoms with Crippen LogP contribution in [0.5, 0.6) is 5.88 Å². The van der Waals surface area contributed by atoms with E-state index in [1.54, 1.807) is 24.9 Å². The molecule has 3 N–H and O–H groups in total. The van der Waals surface area contributed by atoms with E-state index >= 15 is 0 Å². The summed E-state index contributed by atoms with van der Waals surface area (Å²) in [6, 6.07) is 9.23. The largest absolute Gasteiger partial charge is 0.481 e. The third-order valence-electron chi connectivity index (χ3n) is 4.72. The molecule has 178 valence electrons. The molecular formula is C24H28N6O3S. The summed E-state index contributed by atoms with van der Waals surface area (Å²) in [6.45, 7) is 6.14. The Hall–Kier alpha value is -3.63. The predicted molar refractivity (Wildman–Crippen MR) is 134 cm³/mol. The third kappa shape index (κ3) is 6.46. The van der Waals surface area contributed by atoms with Crippen LogP contribution in [0.2, 0.25) is 0 Å². The van der Waals surface area contributed by atoms with Crippen molar-refractivity contribution in [3.05, 3.63) is 59.2 Å². The number of hydrogen-bond donors (Lipinski definition) is 2. The van der Waals surface area contributed by atoms with Gasteiger partial charge in [-0.1, -0.05) is 6.07 Å². The van der Waals surface area contributed by atoms with Crippen molar-refractivity contribution in [2.24, 2.45) is 0 Å². The zero-order valence-electron chi connectivity index (χ0n) is 19.4. The number of fused-ring (bicyclic) bond motifs is 1. The molecule has 0 saturated heterocycles. The molecule has 4 aromatic heterocycles. The van der Waals surface area contributed by atoms with E-state index in [1.165, 1.54) is 11.3 Å². The van der Waals surface area contributed by atoms with Crippen LogP contribution in [0, 0.1) is 0 Å². The van der Waals surface area contributed by atoms with Crippen molar-refractivity contribution in [3.63, 3.8) is 0 Å². The van der Waals surface area contributed by atoms with E-state index in [1.807, 2.05) is 44.2 Å². The van der Waals surface area contributed by atoms with E-state index in [2.05, 4.69) is 25.3 Å². The Labute approximate surface area is 202 Å². The van der Waals surface area contributed by atoms with Crippen LogP contribution < -0.4 is 15.8 Å². The molecule has 4 aromatic rings. The number of rotatable bonds is 8. The van der Waals surface area contributed by atoms with Gasteiger partial charge in [0, 0.05) is 43.6 Å². The summed E-state index contributed by atoms with van der Waals surface area (Å²) >= 11 is 1.36. The summed E-state index contributed by atoms with van der Waals surface area (Å²) in [4.78, 5) is 30.5.